The minimum Gasteiger partial charge on any atom is -0.378 e. The van der Waals surface area contributed by atoms with E-state index < -0.39 is 0 Å². The number of amides is 1. The predicted octanol–water partition coefficient (Wildman–Crippen LogP) is 2.82. The maximum Gasteiger partial charge on any atom is 0.244 e. The van der Waals surface area contributed by atoms with Gasteiger partial charge in [-0.15, -0.1) is 0 Å². The minimum atomic E-state index is -0.296. The van der Waals surface area contributed by atoms with Crippen molar-refractivity contribution in [2.45, 2.75) is 44.8 Å². The third-order valence-electron chi connectivity index (χ3n) is 4.85. The Bertz CT molecular complexity index is 544. The van der Waals surface area contributed by atoms with E-state index in [1.165, 1.54) is 12.1 Å². The van der Waals surface area contributed by atoms with E-state index >= 15 is 0 Å². The van der Waals surface area contributed by atoms with Gasteiger partial charge in [0.15, 0.2) is 0 Å². The summed E-state index contributed by atoms with van der Waals surface area (Å²) in [6, 6.07) is 6.25. The summed E-state index contributed by atoms with van der Waals surface area (Å²) in [5, 5.41) is 0. The lowest BCUT2D eigenvalue weighted by molar-refractivity contribution is -0.126. The Morgan fingerprint density at radius 3 is 2.70 bits per heavy atom. The number of nitrogens with zero attached hydrogens (tertiary/aromatic N) is 2. The largest absolute Gasteiger partial charge is 0.378 e. The first-order valence-corrected chi connectivity index (χ1v) is 8.61. The molecule has 2 aliphatic rings. The Morgan fingerprint density at radius 1 is 1.22 bits per heavy atom. The maximum atomic E-state index is 13.5. The molecular formula is C18H25FN2O2. The number of anilines is 1. The third-order valence-corrected chi connectivity index (χ3v) is 4.85. The zero-order chi connectivity index (χ0) is 16.2. The van der Waals surface area contributed by atoms with Gasteiger partial charge in [-0.05, 0) is 50.8 Å². The maximum absolute atomic E-state index is 13.5. The highest BCUT2D eigenvalue weighted by atomic mass is 19.1. The van der Waals surface area contributed by atoms with Gasteiger partial charge in [-0.2, -0.15) is 0 Å². The Labute approximate surface area is 137 Å². The molecule has 1 aromatic carbocycles. The molecule has 0 spiro atoms. The van der Waals surface area contributed by atoms with Gasteiger partial charge >= 0.3 is 0 Å². The second-order valence-corrected chi connectivity index (χ2v) is 6.32. The molecule has 0 unspecified atom stereocenters. The molecule has 23 heavy (non-hydrogen) atoms. The summed E-state index contributed by atoms with van der Waals surface area (Å²) in [5.41, 5.74) is 0.670. The molecule has 2 fully saturated rings. The molecular weight excluding hydrogens is 295 g/mol. The fourth-order valence-corrected chi connectivity index (χ4v) is 3.69. The molecule has 1 atom stereocenters. The highest BCUT2D eigenvalue weighted by Crippen LogP contribution is 2.26. The standard InChI is InChI=1S/C18H25FN2O2/c1-2-23-16-8-11-20(12-9-16)17-7-4-10-21(18(17)22)15-6-3-5-14(19)13-15/h3,5-6,13,16-17H,2,4,7-12H2,1H3/t17-/m0/s1. The molecule has 4 nitrogen and oxygen atoms in total. The predicted molar refractivity (Wildman–Crippen MR) is 88.0 cm³/mol. The minimum absolute atomic E-state index is 0.0745. The van der Waals surface area contributed by atoms with Crippen molar-refractivity contribution < 1.29 is 13.9 Å². The van der Waals surface area contributed by atoms with Crippen molar-refractivity contribution in [2.75, 3.05) is 31.1 Å². The van der Waals surface area contributed by atoms with E-state index in [-0.39, 0.29) is 17.8 Å². The van der Waals surface area contributed by atoms with Gasteiger partial charge in [0.25, 0.3) is 0 Å². The van der Waals surface area contributed by atoms with E-state index in [1.807, 2.05) is 13.0 Å². The van der Waals surface area contributed by atoms with Crippen LogP contribution in [0.4, 0.5) is 10.1 Å². The molecule has 0 aliphatic carbocycles. The van der Waals surface area contributed by atoms with Gasteiger partial charge in [0, 0.05) is 31.9 Å². The molecule has 0 saturated carbocycles. The lowest BCUT2D eigenvalue weighted by Crippen LogP contribution is -2.55. The van der Waals surface area contributed by atoms with Crippen LogP contribution < -0.4 is 4.90 Å². The van der Waals surface area contributed by atoms with Gasteiger partial charge in [-0.1, -0.05) is 6.07 Å². The van der Waals surface area contributed by atoms with E-state index in [9.17, 15) is 9.18 Å². The molecule has 2 heterocycles. The van der Waals surface area contributed by atoms with E-state index in [0.717, 1.165) is 45.4 Å². The quantitative estimate of drug-likeness (QED) is 0.855. The fraction of sp³-hybridized carbons (Fsp3) is 0.611. The summed E-state index contributed by atoms with van der Waals surface area (Å²) in [5.74, 6) is -0.188. The first-order chi connectivity index (χ1) is 11.2. The van der Waals surface area contributed by atoms with Crippen molar-refractivity contribution in [3.8, 4) is 0 Å². The van der Waals surface area contributed by atoms with Gasteiger partial charge in [0.1, 0.15) is 5.82 Å². The Morgan fingerprint density at radius 2 is 2.00 bits per heavy atom. The van der Waals surface area contributed by atoms with Gasteiger partial charge in [0.2, 0.25) is 5.91 Å². The normalized spacial score (nSPS) is 24.2. The molecule has 126 valence electrons. The van der Waals surface area contributed by atoms with Gasteiger partial charge in [0.05, 0.1) is 12.1 Å². The fourth-order valence-electron chi connectivity index (χ4n) is 3.69. The molecule has 0 aromatic heterocycles. The Balaban J connectivity index is 1.66. The summed E-state index contributed by atoms with van der Waals surface area (Å²) in [7, 11) is 0. The van der Waals surface area contributed by atoms with Crippen LogP contribution in [0.5, 0.6) is 0 Å². The van der Waals surface area contributed by atoms with Crippen LogP contribution >= 0.6 is 0 Å². The van der Waals surface area contributed by atoms with Crippen molar-refractivity contribution >= 4 is 11.6 Å². The number of ether oxygens (including phenoxy) is 1. The molecule has 1 amide bonds. The van der Waals surface area contributed by atoms with Crippen molar-refractivity contribution in [2.24, 2.45) is 0 Å². The number of likely N-dealkylation sites (tertiary alicyclic amines) is 1. The van der Waals surface area contributed by atoms with Crippen LogP contribution in [0.15, 0.2) is 24.3 Å². The van der Waals surface area contributed by atoms with Gasteiger partial charge in [-0.25, -0.2) is 4.39 Å². The summed E-state index contributed by atoms with van der Waals surface area (Å²) in [4.78, 5) is 16.9. The van der Waals surface area contributed by atoms with E-state index in [1.54, 1.807) is 11.0 Å². The lowest BCUT2D eigenvalue weighted by Gasteiger charge is -2.41. The number of carbonyl (C=O) groups is 1. The Kier molecular flexibility index (Phi) is 5.28. The van der Waals surface area contributed by atoms with Crippen LogP contribution in [0.1, 0.15) is 32.6 Å². The summed E-state index contributed by atoms with van der Waals surface area (Å²) in [6.45, 7) is 5.25. The molecule has 5 heteroatoms. The summed E-state index contributed by atoms with van der Waals surface area (Å²) in [6.07, 6.45) is 4.14. The van der Waals surface area contributed by atoms with Crippen LogP contribution in [0.25, 0.3) is 0 Å². The highest BCUT2D eigenvalue weighted by molar-refractivity contribution is 5.97. The average Bonchev–Trinajstić information content (AvgIpc) is 2.56. The number of piperidine rings is 2. The number of halogens is 1. The number of hydrogen-bond donors (Lipinski definition) is 0. The number of carbonyl (C=O) groups excluding carboxylic acids is 1. The van der Waals surface area contributed by atoms with Crippen LogP contribution in [0.3, 0.4) is 0 Å². The molecule has 3 rings (SSSR count). The average molecular weight is 320 g/mol. The molecule has 2 saturated heterocycles. The SMILES string of the molecule is CCOC1CCN([C@H]2CCCN(c3cccc(F)c3)C2=O)CC1. The first-order valence-electron chi connectivity index (χ1n) is 8.61. The summed E-state index contributed by atoms with van der Waals surface area (Å²) >= 11 is 0. The molecule has 2 aliphatic heterocycles. The van der Waals surface area contributed by atoms with Crippen LogP contribution in [-0.4, -0.2) is 49.2 Å². The molecule has 0 bridgehead atoms. The van der Waals surface area contributed by atoms with E-state index in [0.29, 0.717) is 18.3 Å². The zero-order valence-electron chi connectivity index (χ0n) is 13.7. The van der Waals surface area contributed by atoms with E-state index in [4.69, 9.17) is 4.74 Å². The highest BCUT2D eigenvalue weighted by Gasteiger charge is 2.35. The number of benzene rings is 1. The number of hydrogen-bond acceptors (Lipinski definition) is 3. The monoisotopic (exact) mass is 320 g/mol. The van der Waals surface area contributed by atoms with Crippen LogP contribution in [0, 0.1) is 5.82 Å². The van der Waals surface area contributed by atoms with Gasteiger partial charge in [-0.3, -0.25) is 9.69 Å². The van der Waals surface area contributed by atoms with Crippen molar-refractivity contribution in [3.05, 3.63) is 30.1 Å². The summed E-state index contributed by atoms with van der Waals surface area (Å²) < 4.78 is 19.1. The second kappa shape index (κ2) is 7.41. The van der Waals surface area contributed by atoms with E-state index in [2.05, 4.69) is 4.90 Å². The first kappa shape index (κ1) is 16.4. The molecule has 0 N–H and O–H groups in total. The topological polar surface area (TPSA) is 32.8 Å². The van der Waals surface area contributed by atoms with Crippen molar-refractivity contribution in [3.63, 3.8) is 0 Å². The lowest BCUT2D eigenvalue weighted by atomic mass is 9.98. The smallest absolute Gasteiger partial charge is 0.244 e. The third kappa shape index (κ3) is 3.72. The van der Waals surface area contributed by atoms with Crippen LogP contribution in [0.2, 0.25) is 0 Å². The van der Waals surface area contributed by atoms with Crippen molar-refractivity contribution in [1.29, 1.82) is 0 Å². The van der Waals surface area contributed by atoms with Crippen LogP contribution in [-0.2, 0) is 9.53 Å². The zero-order valence-corrected chi connectivity index (χ0v) is 13.7. The molecule has 0 radical (unpaired) electrons. The second-order valence-electron chi connectivity index (χ2n) is 6.32. The van der Waals surface area contributed by atoms with Crippen molar-refractivity contribution in [1.82, 2.24) is 4.90 Å². The Hall–Kier alpha value is -1.46. The number of rotatable bonds is 4. The van der Waals surface area contributed by atoms with Gasteiger partial charge < -0.3 is 9.64 Å². The molecule has 1 aromatic rings.